The van der Waals surface area contributed by atoms with Crippen molar-refractivity contribution in [1.82, 2.24) is 19.5 Å². The zero-order valence-electron chi connectivity index (χ0n) is 13.1. The lowest BCUT2D eigenvalue weighted by Gasteiger charge is -2.14. The van der Waals surface area contributed by atoms with Crippen molar-refractivity contribution in [1.29, 1.82) is 0 Å². The van der Waals surface area contributed by atoms with E-state index in [-0.39, 0.29) is 0 Å². The highest BCUT2D eigenvalue weighted by Crippen LogP contribution is 2.19. The predicted molar refractivity (Wildman–Crippen MR) is 85.6 cm³/mol. The van der Waals surface area contributed by atoms with E-state index in [9.17, 15) is 0 Å². The molecule has 0 amide bonds. The molecule has 0 fully saturated rings. The molecule has 2 aromatic heterocycles. The molecule has 0 saturated heterocycles. The van der Waals surface area contributed by atoms with Crippen LogP contribution in [0.1, 0.15) is 31.2 Å². The SMILES string of the molecule is CCCNc1nc(C)nc(NCCCn2ccnc2)c1C. The summed E-state index contributed by atoms with van der Waals surface area (Å²) in [6.07, 6.45) is 7.73. The van der Waals surface area contributed by atoms with Crippen molar-refractivity contribution in [3.63, 3.8) is 0 Å². The molecule has 0 aliphatic heterocycles. The van der Waals surface area contributed by atoms with Gasteiger partial charge in [0.1, 0.15) is 17.5 Å². The van der Waals surface area contributed by atoms with E-state index in [2.05, 4.69) is 44.0 Å². The van der Waals surface area contributed by atoms with Crippen LogP contribution in [0.3, 0.4) is 0 Å². The standard InChI is InChI=1S/C15H24N6/c1-4-6-17-14-12(2)15(20-13(3)19-14)18-7-5-9-21-10-8-16-11-21/h8,10-11H,4-7,9H2,1-3H3,(H2,17,18,19,20). The summed E-state index contributed by atoms with van der Waals surface area (Å²) in [6, 6.07) is 0. The highest BCUT2D eigenvalue weighted by molar-refractivity contribution is 5.57. The minimum Gasteiger partial charge on any atom is -0.370 e. The first-order chi connectivity index (χ1) is 10.2. The molecule has 0 radical (unpaired) electrons. The van der Waals surface area contributed by atoms with Crippen LogP contribution in [0, 0.1) is 13.8 Å². The third-order valence-electron chi connectivity index (χ3n) is 3.24. The Balaban J connectivity index is 1.91. The van der Waals surface area contributed by atoms with Crippen molar-refractivity contribution >= 4 is 11.6 Å². The Kier molecular flexibility index (Phi) is 5.54. The summed E-state index contributed by atoms with van der Waals surface area (Å²) in [5.41, 5.74) is 1.08. The lowest BCUT2D eigenvalue weighted by atomic mass is 10.3. The fraction of sp³-hybridized carbons (Fsp3) is 0.533. The Morgan fingerprint density at radius 1 is 1.10 bits per heavy atom. The second kappa shape index (κ2) is 7.61. The van der Waals surface area contributed by atoms with Gasteiger partial charge >= 0.3 is 0 Å². The first-order valence-corrected chi connectivity index (χ1v) is 7.49. The molecular formula is C15H24N6. The van der Waals surface area contributed by atoms with Crippen LogP contribution >= 0.6 is 0 Å². The number of nitrogens with one attached hydrogen (secondary N) is 2. The number of hydrogen-bond donors (Lipinski definition) is 2. The topological polar surface area (TPSA) is 67.7 Å². The summed E-state index contributed by atoms with van der Waals surface area (Å²) >= 11 is 0. The average molecular weight is 288 g/mol. The van der Waals surface area contributed by atoms with Gasteiger partial charge in [-0.2, -0.15) is 0 Å². The van der Waals surface area contributed by atoms with Gasteiger partial charge in [0.2, 0.25) is 0 Å². The molecule has 0 aliphatic carbocycles. The van der Waals surface area contributed by atoms with Gasteiger partial charge in [-0.05, 0) is 26.7 Å². The molecule has 0 bridgehead atoms. The van der Waals surface area contributed by atoms with Crippen LogP contribution < -0.4 is 10.6 Å². The van der Waals surface area contributed by atoms with Crippen molar-refractivity contribution < 1.29 is 0 Å². The Bertz CT molecular complexity index is 550. The summed E-state index contributed by atoms with van der Waals surface area (Å²) in [5.74, 6) is 2.64. The molecule has 2 rings (SSSR count). The molecule has 2 N–H and O–H groups in total. The van der Waals surface area contributed by atoms with E-state index < -0.39 is 0 Å². The van der Waals surface area contributed by atoms with Crippen molar-refractivity contribution in [2.45, 2.75) is 40.2 Å². The molecule has 0 aliphatic rings. The van der Waals surface area contributed by atoms with Gasteiger partial charge in [0.25, 0.3) is 0 Å². The Hall–Kier alpha value is -2.11. The molecule has 0 spiro atoms. The average Bonchev–Trinajstić information content (AvgIpc) is 2.98. The third-order valence-corrected chi connectivity index (χ3v) is 3.24. The molecule has 6 nitrogen and oxygen atoms in total. The van der Waals surface area contributed by atoms with Gasteiger partial charge in [0, 0.05) is 37.6 Å². The molecule has 0 unspecified atom stereocenters. The van der Waals surface area contributed by atoms with Crippen molar-refractivity contribution in [3.05, 3.63) is 30.1 Å². The number of anilines is 2. The molecule has 0 atom stereocenters. The normalized spacial score (nSPS) is 10.6. The largest absolute Gasteiger partial charge is 0.370 e. The van der Waals surface area contributed by atoms with Gasteiger partial charge < -0.3 is 15.2 Å². The first-order valence-electron chi connectivity index (χ1n) is 7.49. The highest BCUT2D eigenvalue weighted by atomic mass is 15.1. The quantitative estimate of drug-likeness (QED) is 0.731. The van der Waals surface area contributed by atoms with E-state index in [0.717, 1.165) is 55.5 Å². The molecule has 2 heterocycles. The van der Waals surface area contributed by atoms with Gasteiger partial charge in [0.05, 0.1) is 6.33 Å². The number of hydrogen-bond acceptors (Lipinski definition) is 5. The molecule has 2 aromatic rings. The Morgan fingerprint density at radius 3 is 2.43 bits per heavy atom. The zero-order chi connectivity index (χ0) is 15.1. The van der Waals surface area contributed by atoms with Gasteiger partial charge in [0.15, 0.2) is 0 Å². The number of aromatic nitrogens is 4. The van der Waals surface area contributed by atoms with E-state index in [0.29, 0.717) is 0 Å². The van der Waals surface area contributed by atoms with E-state index >= 15 is 0 Å². The minimum absolute atomic E-state index is 0.788. The molecular weight excluding hydrogens is 264 g/mol. The van der Waals surface area contributed by atoms with Gasteiger partial charge in [-0.25, -0.2) is 15.0 Å². The van der Waals surface area contributed by atoms with Crippen LogP contribution in [0.15, 0.2) is 18.7 Å². The lowest BCUT2D eigenvalue weighted by molar-refractivity contribution is 0.659. The van der Waals surface area contributed by atoms with Crippen molar-refractivity contribution in [2.75, 3.05) is 23.7 Å². The molecule has 6 heteroatoms. The summed E-state index contributed by atoms with van der Waals surface area (Å²) in [6.45, 7) is 8.88. The summed E-state index contributed by atoms with van der Waals surface area (Å²) in [4.78, 5) is 13.0. The molecule has 21 heavy (non-hydrogen) atoms. The maximum atomic E-state index is 4.49. The number of imidazole rings is 1. The van der Waals surface area contributed by atoms with Crippen LogP contribution in [-0.4, -0.2) is 32.6 Å². The fourth-order valence-corrected chi connectivity index (χ4v) is 2.10. The van der Waals surface area contributed by atoms with Crippen LogP contribution in [0.4, 0.5) is 11.6 Å². The van der Waals surface area contributed by atoms with Gasteiger partial charge in [-0.1, -0.05) is 6.92 Å². The van der Waals surface area contributed by atoms with E-state index in [1.54, 1.807) is 6.20 Å². The van der Waals surface area contributed by atoms with Crippen LogP contribution in [0.2, 0.25) is 0 Å². The number of rotatable bonds is 8. The number of aryl methyl sites for hydroxylation is 2. The van der Waals surface area contributed by atoms with E-state index in [1.807, 2.05) is 19.4 Å². The smallest absolute Gasteiger partial charge is 0.134 e. The Morgan fingerprint density at radius 2 is 1.81 bits per heavy atom. The molecule has 0 saturated carbocycles. The maximum absolute atomic E-state index is 4.49. The van der Waals surface area contributed by atoms with Crippen molar-refractivity contribution in [3.8, 4) is 0 Å². The summed E-state index contributed by atoms with van der Waals surface area (Å²) in [5, 5.41) is 6.76. The van der Waals surface area contributed by atoms with Gasteiger partial charge in [-0.15, -0.1) is 0 Å². The minimum atomic E-state index is 0.788. The molecule has 114 valence electrons. The van der Waals surface area contributed by atoms with Crippen LogP contribution in [0.25, 0.3) is 0 Å². The lowest BCUT2D eigenvalue weighted by Crippen LogP contribution is -2.12. The first kappa shape index (κ1) is 15.3. The van der Waals surface area contributed by atoms with Gasteiger partial charge in [-0.3, -0.25) is 0 Å². The predicted octanol–water partition coefficient (Wildman–Crippen LogP) is 2.61. The second-order valence-corrected chi connectivity index (χ2v) is 5.10. The van der Waals surface area contributed by atoms with Crippen LogP contribution in [-0.2, 0) is 6.54 Å². The monoisotopic (exact) mass is 288 g/mol. The van der Waals surface area contributed by atoms with E-state index in [1.165, 1.54) is 0 Å². The fourth-order valence-electron chi connectivity index (χ4n) is 2.10. The summed E-state index contributed by atoms with van der Waals surface area (Å²) in [7, 11) is 0. The summed E-state index contributed by atoms with van der Waals surface area (Å²) < 4.78 is 2.08. The zero-order valence-corrected chi connectivity index (χ0v) is 13.1. The second-order valence-electron chi connectivity index (χ2n) is 5.10. The molecule has 0 aromatic carbocycles. The maximum Gasteiger partial charge on any atom is 0.134 e. The highest BCUT2D eigenvalue weighted by Gasteiger charge is 2.08. The van der Waals surface area contributed by atoms with Crippen LogP contribution in [0.5, 0.6) is 0 Å². The van der Waals surface area contributed by atoms with Crippen molar-refractivity contribution in [2.24, 2.45) is 0 Å². The number of nitrogens with zero attached hydrogens (tertiary/aromatic N) is 4. The third kappa shape index (κ3) is 4.44. The van der Waals surface area contributed by atoms with E-state index in [4.69, 9.17) is 0 Å². The Labute approximate surface area is 126 Å².